The Morgan fingerprint density at radius 2 is 1.92 bits per heavy atom. The van der Waals surface area contributed by atoms with Crippen LogP contribution in [0.15, 0.2) is 24.3 Å². The number of hydrogen-bond acceptors (Lipinski definition) is 3. The van der Waals surface area contributed by atoms with Crippen molar-refractivity contribution in [1.29, 1.82) is 5.26 Å². The average Bonchev–Trinajstić information content (AvgIpc) is 2.89. The van der Waals surface area contributed by atoms with Crippen LogP contribution in [0.1, 0.15) is 54.5 Å². The zero-order valence-corrected chi connectivity index (χ0v) is 15.7. The maximum Gasteiger partial charge on any atom is 0.274 e. The van der Waals surface area contributed by atoms with Gasteiger partial charge < -0.3 is 4.90 Å². The Bertz CT molecular complexity index is 781. The summed E-state index contributed by atoms with van der Waals surface area (Å²) in [7, 11) is 0. The molecule has 0 spiro atoms. The molecule has 0 unspecified atom stereocenters. The third kappa shape index (κ3) is 4.08. The lowest BCUT2D eigenvalue weighted by Gasteiger charge is -2.23. The highest BCUT2D eigenvalue weighted by atomic mass is 16.2. The monoisotopic (exact) mass is 338 g/mol. The number of nitriles is 1. The van der Waals surface area contributed by atoms with Crippen molar-refractivity contribution in [2.24, 2.45) is 5.92 Å². The molecule has 0 aliphatic heterocycles. The van der Waals surface area contributed by atoms with Crippen LogP contribution in [0.4, 0.5) is 0 Å². The SMILES string of the molecule is CCCN(CC(C)C)C(=O)c1nn(-c2ccc(C#N)cc2)c(C)c1C. The Kier molecular flexibility index (Phi) is 5.97. The van der Waals surface area contributed by atoms with E-state index in [1.54, 1.807) is 16.8 Å². The van der Waals surface area contributed by atoms with E-state index in [-0.39, 0.29) is 5.91 Å². The summed E-state index contributed by atoms with van der Waals surface area (Å²) in [5, 5.41) is 13.5. The van der Waals surface area contributed by atoms with Crippen LogP contribution in [0, 0.1) is 31.1 Å². The second-order valence-electron chi connectivity index (χ2n) is 6.77. The summed E-state index contributed by atoms with van der Waals surface area (Å²) in [5.41, 5.74) is 3.81. The standard InChI is InChI=1S/C20H26N4O/c1-6-11-23(13-14(2)3)20(25)19-15(4)16(5)24(22-19)18-9-7-17(12-21)8-10-18/h7-10,14H,6,11,13H2,1-5H3. The molecule has 5 heteroatoms. The summed E-state index contributed by atoms with van der Waals surface area (Å²) >= 11 is 0. The van der Waals surface area contributed by atoms with Gasteiger partial charge in [-0.2, -0.15) is 10.4 Å². The van der Waals surface area contributed by atoms with E-state index in [1.807, 2.05) is 30.9 Å². The van der Waals surface area contributed by atoms with E-state index in [4.69, 9.17) is 5.26 Å². The number of carbonyl (C=O) groups is 1. The van der Waals surface area contributed by atoms with Gasteiger partial charge in [-0.1, -0.05) is 20.8 Å². The minimum Gasteiger partial charge on any atom is -0.337 e. The van der Waals surface area contributed by atoms with Gasteiger partial charge in [0.2, 0.25) is 0 Å². The molecule has 0 saturated heterocycles. The van der Waals surface area contributed by atoms with Crippen LogP contribution < -0.4 is 0 Å². The topological polar surface area (TPSA) is 61.9 Å². The van der Waals surface area contributed by atoms with Crippen molar-refractivity contribution < 1.29 is 4.79 Å². The molecule has 0 N–H and O–H groups in total. The zero-order chi connectivity index (χ0) is 18.6. The first-order chi connectivity index (χ1) is 11.9. The minimum atomic E-state index is -0.0106. The van der Waals surface area contributed by atoms with Gasteiger partial charge in [0.1, 0.15) is 0 Å². The third-order valence-corrected chi connectivity index (χ3v) is 4.23. The first-order valence-corrected chi connectivity index (χ1v) is 8.75. The van der Waals surface area contributed by atoms with Gasteiger partial charge in [-0.05, 0) is 50.5 Å². The van der Waals surface area contributed by atoms with E-state index in [0.717, 1.165) is 36.5 Å². The zero-order valence-electron chi connectivity index (χ0n) is 15.7. The molecule has 1 amide bonds. The fourth-order valence-corrected chi connectivity index (χ4v) is 2.85. The normalized spacial score (nSPS) is 10.8. The van der Waals surface area contributed by atoms with E-state index in [2.05, 4.69) is 31.9 Å². The maximum atomic E-state index is 13.0. The van der Waals surface area contributed by atoms with Gasteiger partial charge in [-0.25, -0.2) is 4.68 Å². The van der Waals surface area contributed by atoms with Crippen molar-refractivity contribution >= 4 is 5.91 Å². The first kappa shape index (κ1) is 18.7. The van der Waals surface area contributed by atoms with Crippen molar-refractivity contribution in [1.82, 2.24) is 14.7 Å². The number of amides is 1. The van der Waals surface area contributed by atoms with Gasteiger partial charge in [0, 0.05) is 24.3 Å². The smallest absolute Gasteiger partial charge is 0.274 e. The molecular formula is C20H26N4O. The molecule has 0 bridgehead atoms. The molecule has 0 fully saturated rings. The summed E-state index contributed by atoms with van der Waals surface area (Å²) < 4.78 is 1.78. The Hall–Kier alpha value is -2.61. The minimum absolute atomic E-state index is 0.0106. The molecule has 1 aromatic heterocycles. The van der Waals surface area contributed by atoms with Crippen LogP contribution in [0.5, 0.6) is 0 Å². The molecule has 0 atom stereocenters. The van der Waals surface area contributed by atoms with Gasteiger partial charge in [0.05, 0.1) is 17.3 Å². The molecule has 2 rings (SSSR count). The second kappa shape index (κ2) is 7.98. The fourth-order valence-electron chi connectivity index (χ4n) is 2.85. The number of nitrogens with zero attached hydrogens (tertiary/aromatic N) is 4. The Morgan fingerprint density at radius 3 is 2.44 bits per heavy atom. The van der Waals surface area contributed by atoms with E-state index in [1.165, 1.54) is 0 Å². The lowest BCUT2D eigenvalue weighted by Crippen LogP contribution is -2.35. The van der Waals surface area contributed by atoms with Crippen LogP contribution in [0.25, 0.3) is 5.69 Å². The molecule has 0 aliphatic carbocycles. The summed E-state index contributed by atoms with van der Waals surface area (Å²) in [6.07, 6.45) is 0.923. The Morgan fingerprint density at radius 1 is 1.28 bits per heavy atom. The quantitative estimate of drug-likeness (QED) is 0.803. The molecule has 1 heterocycles. The summed E-state index contributed by atoms with van der Waals surface area (Å²) in [6, 6.07) is 9.33. The number of benzene rings is 1. The Labute approximate surface area is 149 Å². The van der Waals surface area contributed by atoms with E-state index in [9.17, 15) is 4.79 Å². The maximum absolute atomic E-state index is 13.0. The van der Waals surface area contributed by atoms with Gasteiger partial charge in [0.15, 0.2) is 5.69 Å². The second-order valence-corrected chi connectivity index (χ2v) is 6.77. The highest BCUT2D eigenvalue weighted by molar-refractivity contribution is 5.94. The van der Waals surface area contributed by atoms with E-state index in [0.29, 0.717) is 17.2 Å². The number of carbonyl (C=O) groups excluding carboxylic acids is 1. The molecule has 0 saturated carbocycles. The van der Waals surface area contributed by atoms with Crippen LogP contribution in [-0.4, -0.2) is 33.7 Å². The highest BCUT2D eigenvalue weighted by Crippen LogP contribution is 2.20. The predicted octanol–water partition coefficient (Wildman–Crippen LogP) is 3.87. The summed E-state index contributed by atoms with van der Waals surface area (Å²) in [6.45, 7) is 11.7. The number of rotatable bonds is 6. The number of hydrogen-bond donors (Lipinski definition) is 0. The predicted molar refractivity (Wildman–Crippen MR) is 98.8 cm³/mol. The van der Waals surface area contributed by atoms with Gasteiger partial charge in [-0.3, -0.25) is 4.79 Å². The van der Waals surface area contributed by atoms with Gasteiger partial charge in [0.25, 0.3) is 5.91 Å². The summed E-state index contributed by atoms with van der Waals surface area (Å²) in [5.74, 6) is 0.404. The van der Waals surface area contributed by atoms with Crippen molar-refractivity contribution in [2.45, 2.75) is 41.0 Å². The van der Waals surface area contributed by atoms with Crippen LogP contribution in [-0.2, 0) is 0 Å². The van der Waals surface area contributed by atoms with Gasteiger partial charge in [-0.15, -0.1) is 0 Å². The molecule has 132 valence electrons. The van der Waals surface area contributed by atoms with E-state index >= 15 is 0 Å². The van der Waals surface area contributed by atoms with Crippen LogP contribution in [0.3, 0.4) is 0 Å². The third-order valence-electron chi connectivity index (χ3n) is 4.23. The first-order valence-electron chi connectivity index (χ1n) is 8.75. The fraction of sp³-hybridized carbons (Fsp3) is 0.450. The average molecular weight is 338 g/mol. The number of aromatic nitrogens is 2. The van der Waals surface area contributed by atoms with Gasteiger partial charge >= 0.3 is 0 Å². The molecular weight excluding hydrogens is 312 g/mol. The summed E-state index contributed by atoms with van der Waals surface area (Å²) in [4.78, 5) is 14.9. The van der Waals surface area contributed by atoms with Crippen LogP contribution in [0.2, 0.25) is 0 Å². The molecule has 2 aromatic rings. The lowest BCUT2D eigenvalue weighted by atomic mass is 10.1. The van der Waals surface area contributed by atoms with Crippen molar-refractivity contribution in [3.63, 3.8) is 0 Å². The van der Waals surface area contributed by atoms with E-state index < -0.39 is 0 Å². The Balaban J connectivity index is 2.39. The largest absolute Gasteiger partial charge is 0.337 e. The van der Waals surface area contributed by atoms with Crippen molar-refractivity contribution in [2.75, 3.05) is 13.1 Å². The molecule has 1 aromatic carbocycles. The molecule has 5 nitrogen and oxygen atoms in total. The van der Waals surface area contributed by atoms with Crippen molar-refractivity contribution in [3.05, 3.63) is 46.8 Å². The molecule has 0 radical (unpaired) electrons. The van der Waals surface area contributed by atoms with Crippen LogP contribution >= 0.6 is 0 Å². The molecule has 25 heavy (non-hydrogen) atoms. The highest BCUT2D eigenvalue weighted by Gasteiger charge is 2.23. The molecule has 0 aliphatic rings. The lowest BCUT2D eigenvalue weighted by molar-refractivity contribution is 0.0729. The van der Waals surface area contributed by atoms with Crippen molar-refractivity contribution in [3.8, 4) is 11.8 Å².